The molecule has 5 rings (SSSR count). The third-order valence-electron chi connectivity index (χ3n) is 8.37. The second kappa shape index (κ2) is 10.4. The zero-order valence-corrected chi connectivity index (χ0v) is 21.0. The topological polar surface area (TPSA) is 38.5 Å². The Hall–Kier alpha value is -2.88. The van der Waals surface area contributed by atoms with Crippen LogP contribution in [0.2, 0.25) is 0 Å². The zero-order valence-electron chi connectivity index (χ0n) is 21.0. The predicted molar refractivity (Wildman–Crippen MR) is 146 cm³/mol. The van der Waals surface area contributed by atoms with E-state index in [1.54, 1.807) is 7.11 Å². The molecule has 0 aromatic heterocycles. The van der Waals surface area contributed by atoms with E-state index in [0.29, 0.717) is 6.54 Å². The van der Waals surface area contributed by atoms with Crippen molar-refractivity contribution in [3.05, 3.63) is 107 Å². The molecule has 1 aliphatic heterocycles. The van der Waals surface area contributed by atoms with Crippen molar-refractivity contribution in [2.45, 2.75) is 49.5 Å². The van der Waals surface area contributed by atoms with Gasteiger partial charge < -0.3 is 10.5 Å². The quantitative estimate of drug-likeness (QED) is 0.429. The van der Waals surface area contributed by atoms with E-state index in [4.69, 9.17) is 10.5 Å². The molecule has 1 atom stereocenters. The predicted octanol–water partition coefficient (Wildman–Crippen LogP) is 6.21. The standard InChI is InChI=1S/C32H38N2O/c1-35-30-16-15-27-24-31(20-17-26(27)23-30)18-8-9-21-34(31)22-10-19-32(25-33,28-11-4-2-5-12-28)29-13-6-3-7-14-29/h2-7,11-17,20,23H,8-10,18-19,21-22,24-25,33H2,1H3. The second-order valence-electron chi connectivity index (χ2n) is 10.2. The van der Waals surface area contributed by atoms with E-state index < -0.39 is 0 Å². The number of rotatable bonds is 8. The number of benzene rings is 3. The van der Waals surface area contributed by atoms with Crippen molar-refractivity contribution in [2.24, 2.45) is 5.73 Å². The second-order valence-corrected chi connectivity index (χ2v) is 10.2. The third kappa shape index (κ3) is 4.68. The molecular weight excluding hydrogens is 428 g/mol. The molecule has 0 bridgehead atoms. The molecule has 1 aliphatic carbocycles. The summed E-state index contributed by atoms with van der Waals surface area (Å²) >= 11 is 0. The summed E-state index contributed by atoms with van der Waals surface area (Å²) in [6.07, 6.45) is 11.9. The van der Waals surface area contributed by atoms with Gasteiger partial charge in [0, 0.05) is 17.5 Å². The van der Waals surface area contributed by atoms with E-state index in [2.05, 4.69) is 95.9 Å². The summed E-state index contributed by atoms with van der Waals surface area (Å²) in [4.78, 5) is 2.76. The van der Waals surface area contributed by atoms with Gasteiger partial charge in [0.05, 0.1) is 7.11 Å². The molecule has 1 heterocycles. The highest BCUT2D eigenvalue weighted by molar-refractivity contribution is 5.61. The fraction of sp³-hybridized carbons (Fsp3) is 0.375. The SMILES string of the molecule is COc1ccc2c(c1)C=CC1(CCCCN1CCCC(CN)(c1ccccc1)c1ccccc1)C2. The van der Waals surface area contributed by atoms with Crippen molar-refractivity contribution in [1.29, 1.82) is 0 Å². The van der Waals surface area contributed by atoms with Gasteiger partial charge in [0.1, 0.15) is 5.75 Å². The largest absolute Gasteiger partial charge is 0.497 e. The van der Waals surface area contributed by atoms with Gasteiger partial charge in [-0.05, 0) is 79.6 Å². The molecule has 3 aromatic carbocycles. The first kappa shape index (κ1) is 23.8. The molecule has 1 unspecified atom stereocenters. The fourth-order valence-corrected chi connectivity index (χ4v) is 6.37. The van der Waals surface area contributed by atoms with Crippen LogP contribution < -0.4 is 10.5 Å². The molecule has 0 radical (unpaired) electrons. The minimum Gasteiger partial charge on any atom is -0.497 e. The van der Waals surface area contributed by atoms with Crippen LogP contribution in [0.15, 0.2) is 84.9 Å². The Labute approximate surface area is 210 Å². The number of methoxy groups -OCH3 is 1. The average Bonchev–Trinajstić information content (AvgIpc) is 2.93. The lowest BCUT2D eigenvalue weighted by Gasteiger charge is -2.48. The van der Waals surface area contributed by atoms with Crippen molar-refractivity contribution >= 4 is 6.08 Å². The lowest BCUT2D eigenvalue weighted by molar-refractivity contribution is 0.0816. The van der Waals surface area contributed by atoms with Gasteiger partial charge in [-0.1, -0.05) is 85.3 Å². The maximum absolute atomic E-state index is 6.57. The van der Waals surface area contributed by atoms with Gasteiger partial charge in [0.25, 0.3) is 0 Å². The van der Waals surface area contributed by atoms with E-state index in [1.165, 1.54) is 48.1 Å². The number of nitrogens with zero attached hydrogens (tertiary/aromatic N) is 1. The first-order valence-electron chi connectivity index (χ1n) is 13.1. The number of ether oxygens (including phenoxy) is 1. The molecule has 2 N–H and O–H groups in total. The number of nitrogens with two attached hydrogens (primary N) is 1. The monoisotopic (exact) mass is 466 g/mol. The van der Waals surface area contributed by atoms with Crippen LogP contribution >= 0.6 is 0 Å². The summed E-state index contributed by atoms with van der Waals surface area (Å²) < 4.78 is 5.45. The van der Waals surface area contributed by atoms with Gasteiger partial charge in [0.15, 0.2) is 0 Å². The smallest absolute Gasteiger partial charge is 0.119 e. The third-order valence-corrected chi connectivity index (χ3v) is 8.37. The summed E-state index contributed by atoms with van der Waals surface area (Å²) in [6.45, 7) is 2.88. The summed E-state index contributed by atoms with van der Waals surface area (Å²) in [5.41, 5.74) is 11.9. The molecule has 2 aliphatic rings. The lowest BCUT2D eigenvalue weighted by atomic mass is 9.71. The summed E-state index contributed by atoms with van der Waals surface area (Å²) in [5.74, 6) is 0.935. The molecule has 1 saturated heterocycles. The Morgan fingerprint density at radius 3 is 2.31 bits per heavy atom. The fourth-order valence-electron chi connectivity index (χ4n) is 6.37. The van der Waals surface area contributed by atoms with Crippen LogP contribution in [0.3, 0.4) is 0 Å². The van der Waals surface area contributed by atoms with E-state index in [1.807, 2.05) is 0 Å². The van der Waals surface area contributed by atoms with Gasteiger partial charge in [0.2, 0.25) is 0 Å². The Bertz CT molecular complexity index is 1100. The van der Waals surface area contributed by atoms with Gasteiger partial charge in [-0.3, -0.25) is 4.90 Å². The first-order chi connectivity index (χ1) is 17.2. The molecule has 1 spiro atoms. The van der Waals surface area contributed by atoms with Crippen molar-refractivity contribution in [3.63, 3.8) is 0 Å². The van der Waals surface area contributed by atoms with E-state index in [-0.39, 0.29) is 11.0 Å². The highest BCUT2D eigenvalue weighted by atomic mass is 16.5. The highest BCUT2D eigenvalue weighted by Gasteiger charge is 2.39. The Balaban J connectivity index is 1.36. The molecule has 3 nitrogen and oxygen atoms in total. The number of hydrogen-bond acceptors (Lipinski definition) is 3. The molecular formula is C32H38N2O. The molecule has 0 amide bonds. The number of piperidine rings is 1. The summed E-state index contributed by atoms with van der Waals surface area (Å²) in [6, 6.07) is 28.3. The number of likely N-dealkylation sites (tertiary alicyclic amines) is 1. The number of fused-ring (bicyclic) bond motifs is 1. The van der Waals surface area contributed by atoms with Crippen molar-refractivity contribution in [1.82, 2.24) is 4.90 Å². The maximum atomic E-state index is 6.57. The minimum atomic E-state index is -0.156. The summed E-state index contributed by atoms with van der Waals surface area (Å²) in [7, 11) is 1.74. The average molecular weight is 467 g/mol. The van der Waals surface area contributed by atoms with Gasteiger partial charge in [-0.15, -0.1) is 0 Å². The van der Waals surface area contributed by atoms with E-state index in [9.17, 15) is 0 Å². The minimum absolute atomic E-state index is 0.130. The van der Waals surface area contributed by atoms with Crippen LogP contribution in [-0.4, -0.2) is 37.2 Å². The molecule has 0 saturated carbocycles. The Morgan fingerprint density at radius 2 is 1.66 bits per heavy atom. The maximum Gasteiger partial charge on any atom is 0.119 e. The van der Waals surface area contributed by atoms with Gasteiger partial charge in [-0.2, -0.15) is 0 Å². The van der Waals surface area contributed by atoms with Gasteiger partial charge >= 0.3 is 0 Å². The summed E-state index contributed by atoms with van der Waals surface area (Å²) in [5, 5.41) is 0. The van der Waals surface area contributed by atoms with Crippen LogP contribution in [0, 0.1) is 0 Å². The zero-order chi connectivity index (χ0) is 24.1. The van der Waals surface area contributed by atoms with Crippen molar-refractivity contribution in [3.8, 4) is 5.75 Å². The molecule has 3 aromatic rings. The normalized spacial score (nSPS) is 20.1. The number of hydrogen-bond donors (Lipinski definition) is 1. The lowest BCUT2D eigenvalue weighted by Crippen LogP contribution is -2.53. The van der Waals surface area contributed by atoms with Crippen LogP contribution in [0.5, 0.6) is 5.75 Å². The van der Waals surface area contributed by atoms with Crippen LogP contribution in [-0.2, 0) is 11.8 Å². The van der Waals surface area contributed by atoms with Gasteiger partial charge in [-0.25, -0.2) is 0 Å². The van der Waals surface area contributed by atoms with Crippen LogP contribution in [0.4, 0.5) is 0 Å². The highest BCUT2D eigenvalue weighted by Crippen LogP contribution is 2.40. The Morgan fingerprint density at radius 1 is 0.943 bits per heavy atom. The van der Waals surface area contributed by atoms with E-state index in [0.717, 1.165) is 31.6 Å². The molecule has 35 heavy (non-hydrogen) atoms. The van der Waals surface area contributed by atoms with Crippen LogP contribution in [0.25, 0.3) is 6.08 Å². The molecule has 3 heteroatoms. The van der Waals surface area contributed by atoms with Crippen LogP contribution in [0.1, 0.15) is 54.4 Å². The van der Waals surface area contributed by atoms with E-state index >= 15 is 0 Å². The van der Waals surface area contributed by atoms with Crippen molar-refractivity contribution in [2.75, 3.05) is 26.7 Å². The molecule has 182 valence electrons. The molecule has 1 fully saturated rings. The Kier molecular flexibility index (Phi) is 7.08. The first-order valence-corrected chi connectivity index (χ1v) is 13.1. The van der Waals surface area contributed by atoms with Crippen molar-refractivity contribution < 1.29 is 4.74 Å².